The van der Waals surface area contributed by atoms with Crippen molar-refractivity contribution in [2.75, 3.05) is 0 Å². The smallest absolute Gasteiger partial charge is 0.328 e. The van der Waals surface area contributed by atoms with E-state index in [0.29, 0.717) is 21.9 Å². The van der Waals surface area contributed by atoms with Gasteiger partial charge in [0.1, 0.15) is 18.2 Å². The minimum Gasteiger partial charge on any atom is -0.487 e. The highest BCUT2D eigenvalue weighted by atomic mass is 35.5. The van der Waals surface area contributed by atoms with Crippen molar-refractivity contribution in [2.24, 2.45) is 0 Å². The van der Waals surface area contributed by atoms with Gasteiger partial charge >= 0.3 is 5.97 Å². The molecule has 0 amide bonds. The number of carboxylic acid groups (broad SMARTS) is 1. The summed E-state index contributed by atoms with van der Waals surface area (Å²) in [6.45, 7) is 0.0662. The lowest BCUT2D eigenvalue weighted by Gasteiger charge is -2.09. The van der Waals surface area contributed by atoms with Gasteiger partial charge in [-0.05, 0) is 29.8 Å². The number of ether oxygens (including phenoxy) is 1. The van der Waals surface area contributed by atoms with Crippen molar-refractivity contribution in [1.29, 1.82) is 0 Å². The fourth-order valence-corrected chi connectivity index (χ4v) is 1.92. The highest BCUT2D eigenvalue weighted by molar-refractivity contribution is 6.32. The van der Waals surface area contributed by atoms with E-state index in [0.717, 1.165) is 6.08 Å². The van der Waals surface area contributed by atoms with Crippen LogP contribution >= 0.6 is 11.6 Å². The molecular weight excluding hydrogens is 295 g/mol. The van der Waals surface area contributed by atoms with E-state index < -0.39 is 5.97 Å². The van der Waals surface area contributed by atoms with Gasteiger partial charge in [-0.2, -0.15) is 0 Å². The highest BCUT2D eigenvalue weighted by Crippen LogP contribution is 2.27. The van der Waals surface area contributed by atoms with Crippen molar-refractivity contribution in [1.82, 2.24) is 0 Å². The molecule has 2 aromatic rings. The summed E-state index contributed by atoms with van der Waals surface area (Å²) in [6, 6.07) is 11.2. The molecule has 5 heteroatoms. The molecule has 2 rings (SSSR count). The zero-order chi connectivity index (χ0) is 15.2. The average molecular weight is 307 g/mol. The van der Waals surface area contributed by atoms with Crippen LogP contribution in [0.4, 0.5) is 4.39 Å². The maximum absolute atomic E-state index is 13.5. The third-order valence-electron chi connectivity index (χ3n) is 2.72. The van der Waals surface area contributed by atoms with Crippen molar-refractivity contribution in [2.45, 2.75) is 6.61 Å². The van der Waals surface area contributed by atoms with E-state index in [9.17, 15) is 9.18 Å². The number of hydrogen-bond donors (Lipinski definition) is 1. The third kappa shape index (κ3) is 4.33. The first-order valence-electron chi connectivity index (χ1n) is 6.13. The molecule has 0 aliphatic carbocycles. The predicted molar refractivity (Wildman–Crippen MR) is 78.9 cm³/mol. The van der Waals surface area contributed by atoms with Crippen molar-refractivity contribution in [3.63, 3.8) is 0 Å². The van der Waals surface area contributed by atoms with Crippen molar-refractivity contribution >= 4 is 23.6 Å². The Morgan fingerprint density at radius 3 is 2.71 bits per heavy atom. The molecular formula is C16H12ClFO3. The largest absolute Gasteiger partial charge is 0.487 e. The Morgan fingerprint density at radius 2 is 2.05 bits per heavy atom. The van der Waals surface area contributed by atoms with Crippen LogP contribution in [0.1, 0.15) is 11.1 Å². The number of rotatable bonds is 5. The number of aliphatic carboxylic acids is 1. The fourth-order valence-electron chi connectivity index (χ4n) is 1.68. The topological polar surface area (TPSA) is 46.5 Å². The van der Waals surface area contributed by atoms with Gasteiger partial charge in [0.25, 0.3) is 0 Å². The van der Waals surface area contributed by atoms with Gasteiger partial charge in [0, 0.05) is 11.6 Å². The van der Waals surface area contributed by atoms with Crippen LogP contribution in [0.3, 0.4) is 0 Å². The minimum atomic E-state index is -1.04. The lowest BCUT2D eigenvalue weighted by Crippen LogP contribution is -1.98. The number of halogens is 2. The molecule has 108 valence electrons. The quantitative estimate of drug-likeness (QED) is 0.844. The standard InChI is InChI=1S/C16H12ClFO3/c17-13-9-11(6-8-16(19)20)5-7-15(13)21-10-12-3-1-2-4-14(12)18/h1-9H,10H2,(H,19,20)/b8-6-. The monoisotopic (exact) mass is 306 g/mol. The lowest BCUT2D eigenvalue weighted by atomic mass is 10.2. The van der Waals surface area contributed by atoms with Crippen LogP contribution in [-0.4, -0.2) is 11.1 Å². The Morgan fingerprint density at radius 1 is 1.29 bits per heavy atom. The zero-order valence-corrected chi connectivity index (χ0v) is 11.7. The summed E-state index contributed by atoms with van der Waals surface area (Å²) in [4.78, 5) is 10.4. The summed E-state index contributed by atoms with van der Waals surface area (Å²) < 4.78 is 18.9. The summed E-state index contributed by atoms with van der Waals surface area (Å²) in [6.07, 6.45) is 2.44. The van der Waals surface area contributed by atoms with E-state index in [1.54, 1.807) is 36.4 Å². The van der Waals surface area contributed by atoms with E-state index >= 15 is 0 Å². The van der Waals surface area contributed by atoms with Gasteiger partial charge in [-0.15, -0.1) is 0 Å². The molecule has 21 heavy (non-hydrogen) atoms. The Hall–Kier alpha value is -2.33. The molecule has 0 unspecified atom stereocenters. The third-order valence-corrected chi connectivity index (χ3v) is 3.01. The minimum absolute atomic E-state index is 0.0662. The Kier molecular flexibility index (Phi) is 4.95. The molecule has 0 spiro atoms. The van der Waals surface area contributed by atoms with Crippen molar-refractivity contribution in [3.8, 4) is 5.75 Å². The Balaban J connectivity index is 2.08. The van der Waals surface area contributed by atoms with Gasteiger partial charge in [0.15, 0.2) is 0 Å². The highest BCUT2D eigenvalue weighted by Gasteiger charge is 2.05. The number of benzene rings is 2. The molecule has 2 aromatic carbocycles. The molecule has 0 fully saturated rings. The summed E-state index contributed by atoms with van der Waals surface area (Å²) in [7, 11) is 0. The first-order chi connectivity index (χ1) is 10.1. The normalized spacial score (nSPS) is 10.8. The molecule has 0 aliphatic heterocycles. The molecule has 0 saturated carbocycles. The van der Waals surface area contributed by atoms with E-state index in [1.807, 2.05) is 0 Å². The van der Waals surface area contributed by atoms with Crippen LogP contribution in [0.25, 0.3) is 6.08 Å². The van der Waals surface area contributed by atoms with E-state index in [-0.39, 0.29) is 12.4 Å². The lowest BCUT2D eigenvalue weighted by molar-refractivity contribution is -0.131. The van der Waals surface area contributed by atoms with Gasteiger partial charge < -0.3 is 9.84 Å². The van der Waals surface area contributed by atoms with E-state index in [2.05, 4.69) is 0 Å². The van der Waals surface area contributed by atoms with Gasteiger partial charge in [-0.25, -0.2) is 9.18 Å². The SMILES string of the molecule is O=C(O)/C=C\c1ccc(OCc2ccccc2F)c(Cl)c1. The van der Waals surface area contributed by atoms with Crippen LogP contribution in [0.15, 0.2) is 48.5 Å². The number of hydrogen-bond acceptors (Lipinski definition) is 2. The molecule has 1 N–H and O–H groups in total. The van der Waals surface area contributed by atoms with Crippen molar-refractivity contribution < 1.29 is 19.0 Å². The van der Waals surface area contributed by atoms with E-state index in [1.165, 1.54) is 12.1 Å². The molecule has 3 nitrogen and oxygen atoms in total. The average Bonchev–Trinajstić information content (AvgIpc) is 2.45. The molecule has 0 bridgehead atoms. The molecule has 0 radical (unpaired) electrons. The summed E-state index contributed by atoms with van der Waals surface area (Å²) in [5.41, 5.74) is 1.07. The van der Waals surface area contributed by atoms with Crippen LogP contribution < -0.4 is 4.74 Å². The number of carboxylic acids is 1. The Labute approximate surface area is 126 Å². The number of carbonyl (C=O) groups is 1. The first-order valence-corrected chi connectivity index (χ1v) is 6.51. The molecule has 0 heterocycles. The van der Waals surface area contributed by atoms with Gasteiger partial charge in [-0.1, -0.05) is 35.9 Å². The molecule has 0 aromatic heterocycles. The van der Waals surface area contributed by atoms with Gasteiger partial charge in [-0.3, -0.25) is 0 Å². The molecule has 0 atom stereocenters. The first kappa shape index (κ1) is 15.1. The Bertz CT molecular complexity index is 683. The van der Waals surface area contributed by atoms with Crippen molar-refractivity contribution in [3.05, 3.63) is 70.5 Å². The van der Waals surface area contributed by atoms with E-state index in [4.69, 9.17) is 21.4 Å². The second-order valence-corrected chi connectivity index (χ2v) is 4.65. The zero-order valence-electron chi connectivity index (χ0n) is 10.9. The maximum atomic E-state index is 13.5. The molecule has 0 saturated heterocycles. The summed E-state index contributed by atoms with van der Waals surface area (Å²) in [5, 5.41) is 8.89. The van der Waals surface area contributed by atoms with Crippen LogP contribution in [-0.2, 0) is 11.4 Å². The maximum Gasteiger partial charge on any atom is 0.328 e. The fraction of sp³-hybridized carbons (Fsp3) is 0.0625. The van der Waals surface area contributed by atoms with Crippen LogP contribution in [0.2, 0.25) is 5.02 Å². The second-order valence-electron chi connectivity index (χ2n) is 4.24. The van der Waals surface area contributed by atoms with Gasteiger partial charge in [0.05, 0.1) is 5.02 Å². The van der Waals surface area contributed by atoms with Crippen LogP contribution in [0, 0.1) is 5.82 Å². The summed E-state index contributed by atoms with van der Waals surface area (Å²) in [5.74, 6) is -0.965. The van der Waals surface area contributed by atoms with Crippen LogP contribution in [0.5, 0.6) is 5.75 Å². The molecule has 0 aliphatic rings. The summed E-state index contributed by atoms with van der Waals surface area (Å²) >= 11 is 6.05. The second kappa shape index (κ2) is 6.90. The van der Waals surface area contributed by atoms with Gasteiger partial charge in [0.2, 0.25) is 0 Å². The predicted octanol–water partition coefficient (Wildman–Crippen LogP) is 4.16.